The first-order valence-corrected chi connectivity index (χ1v) is 8.49. The fraction of sp³-hybridized carbons (Fsp3) is 0.353. The zero-order chi connectivity index (χ0) is 15.8. The number of piperazine rings is 1. The van der Waals surface area contributed by atoms with Crippen LogP contribution in [0.5, 0.6) is 0 Å². The minimum atomic E-state index is 0.474. The molecule has 3 aliphatic rings. The third-order valence-electron chi connectivity index (χ3n) is 4.60. The number of hydrogen-bond donors (Lipinski definition) is 0. The van der Waals surface area contributed by atoms with Gasteiger partial charge in [0.2, 0.25) is 0 Å². The molecule has 2 aromatic rings. The molecule has 0 spiro atoms. The molecule has 5 rings (SSSR count). The fourth-order valence-electron chi connectivity index (χ4n) is 3.58. The van der Waals surface area contributed by atoms with Crippen LogP contribution in [-0.2, 0) is 6.54 Å². The molecule has 3 aliphatic heterocycles. The SMILES string of the molecule is N#Cc1ccc(N2C3CC2CN(Cc2ccc(Br)cn2)C3)cn1. The van der Waals surface area contributed by atoms with Crippen LogP contribution < -0.4 is 4.90 Å². The maximum absolute atomic E-state index is 8.85. The van der Waals surface area contributed by atoms with Gasteiger partial charge in [-0.3, -0.25) is 9.88 Å². The first-order valence-electron chi connectivity index (χ1n) is 7.70. The molecule has 0 aliphatic carbocycles. The van der Waals surface area contributed by atoms with E-state index in [9.17, 15) is 0 Å². The maximum Gasteiger partial charge on any atom is 0.140 e. The molecule has 5 nitrogen and oxygen atoms in total. The first-order chi connectivity index (χ1) is 11.2. The quantitative estimate of drug-likeness (QED) is 0.831. The van der Waals surface area contributed by atoms with Crippen molar-refractivity contribution >= 4 is 21.6 Å². The molecule has 5 heterocycles. The van der Waals surface area contributed by atoms with E-state index >= 15 is 0 Å². The molecule has 2 aromatic heterocycles. The molecule has 23 heavy (non-hydrogen) atoms. The molecule has 0 aromatic carbocycles. The normalized spacial score (nSPS) is 23.2. The number of nitriles is 1. The van der Waals surface area contributed by atoms with Gasteiger partial charge in [0.15, 0.2) is 0 Å². The number of anilines is 1. The lowest BCUT2D eigenvalue weighted by Crippen LogP contribution is -2.68. The highest BCUT2D eigenvalue weighted by atomic mass is 79.9. The van der Waals surface area contributed by atoms with Gasteiger partial charge in [-0.25, -0.2) is 4.98 Å². The largest absolute Gasteiger partial charge is 0.362 e. The van der Waals surface area contributed by atoms with Crippen molar-refractivity contribution in [3.8, 4) is 6.07 Å². The summed E-state index contributed by atoms with van der Waals surface area (Å²) in [5.41, 5.74) is 2.72. The van der Waals surface area contributed by atoms with Crippen molar-refractivity contribution < 1.29 is 0 Å². The highest BCUT2D eigenvalue weighted by Crippen LogP contribution is 2.37. The highest BCUT2D eigenvalue weighted by molar-refractivity contribution is 9.10. The van der Waals surface area contributed by atoms with Crippen LogP contribution in [0, 0.1) is 11.3 Å². The number of hydrogen-bond acceptors (Lipinski definition) is 5. The second-order valence-corrected chi connectivity index (χ2v) is 7.04. The van der Waals surface area contributed by atoms with Gasteiger partial charge in [0.25, 0.3) is 0 Å². The highest BCUT2D eigenvalue weighted by Gasteiger charge is 2.44. The molecule has 0 amide bonds. The summed E-state index contributed by atoms with van der Waals surface area (Å²) in [5, 5.41) is 8.85. The standard InChI is InChI=1S/C17H16BrN5/c18-12-1-2-14(20-7-12)9-22-10-16-5-17(11-22)23(16)15-4-3-13(6-19)21-8-15/h1-4,7-8,16-17H,5,9-11H2. The Kier molecular flexibility index (Phi) is 3.76. The van der Waals surface area contributed by atoms with Crippen molar-refractivity contribution in [2.45, 2.75) is 25.0 Å². The maximum atomic E-state index is 8.85. The molecule has 0 saturated carbocycles. The van der Waals surface area contributed by atoms with Crippen molar-refractivity contribution in [3.63, 3.8) is 0 Å². The van der Waals surface area contributed by atoms with Gasteiger partial charge in [-0.15, -0.1) is 0 Å². The molecule has 116 valence electrons. The van der Waals surface area contributed by atoms with Crippen molar-refractivity contribution in [2.24, 2.45) is 0 Å². The van der Waals surface area contributed by atoms with E-state index in [1.807, 2.05) is 24.5 Å². The van der Waals surface area contributed by atoms with Crippen molar-refractivity contribution in [2.75, 3.05) is 18.0 Å². The molecule has 2 unspecified atom stereocenters. The van der Waals surface area contributed by atoms with Gasteiger partial charge in [-0.1, -0.05) is 0 Å². The van der Waals surface area contributed by atoms with Crippen LogP contribution in [0.2, 0.25) is 0 Å². The van der Waals surface area contributed by atoms with Crippen LogP contribution in [-0.4, -0.2) is 40.0 Å². The second kappa shape index (κ2) is 5.91. The van der Waals surface area contributed by atoms with Crippen LogP contribution in [0.3, 0.4) is 0 Å². The molecule has 3 saturated heterocycles. The van der Waals surface area contributed by atoms with Gasteiger partial charge in [-0.05, 0) is 46.6 Å². The first kappa shape index (κ1) is 14.6. The predicted octanol–water partition coefficient (Wildman–Crippen LogP) is 2.57. The Balaban J connectivity index is 1.41. The Morgan fingerprint density at radius 2 is 1.96 bits per heavy atom. The van der Waals surface area contributed by atoms with E-state index in [-0.39, 0.29) is 0 Å². The summed E-state index contributed by atoms with van der Waals surface area (Å²) >= 11 is 3.42. The number of halogens is 1. The monoisotopic (exact) mass is 369 g/mol. The smallest absolute Gasteiger partial charge is 0.140 e. The summed E-state index contributed by atoms with van der Waals surface area (Å²) in [6.45, 7) is 3.00. The second-order valence-electron chi connectivity index (χ2n) is 6.13. The van der Waals surface area contributed by atoms with Crippen LogP contribution in [0.25, 0.3) is 0 Å². The minimum absolute atomic E-state index is 0.474. The van der Waals surface area contributed by atoms with E-state index < -0.39 is 0 Å². The van der Waals surface area contributed by atoms with Crippen LogP contribution in [0.1, 0.15) is 17.8 Å². The lowest BCUT2D eigenvalue weighted by atomic mass is 9.86. The number of fused-ring (bicyclic) bond motifs is 2. The Morgan fingerprint density at radius 3 is 2.57 bits per heavy atom. The third kappa shape index (κ3) is 2.82. The molecule has 2 atom stereocenters. The minimum Gasteiger partial charge on any atom is -0.362 e. The Hall–Kier alpha value is -1.97. The molecule has 6 heteroatoms. The summed E-state index contributed by atoms with van der Waals surface area (Å²) in [4.78, 5) is 13.6. The Labute approximate surface area is 143 Å². The number of aromatic nitrogens is 2. The van der Waals surface area contributed by atoms with E-state index in [0.717, 1.165) is 35.5 Å². The van der Waals surface area contributed by atoms with E-state index in [0.29, 0.717) is 17.8 Å². The van der Waals surface area contributed by atoms with Crippen LogP contribution >= 0.6 is 15.9 Å². The van der Waals surface area contributed by atoms with Gasteiger partial charge in [0.05, 0.1) is 17.6 Å². The van der Waals surface area contributed by atoms with Gasteiger partial charge in [0, 0.05) is 42.4 Å². The zero-order valence-corrected chi connectivity index (χ0v) is 14.1. The third-order valence-corrected chi connectivity index (χ3v) is 5.07. The molecular formula is C17H16BrN5. The van der Waals surface area contributed by atoms with Gasteiger partial charge in [-0.2, -0.15) is 5.26 Å². The summed E-state index contributed by atoms with van der Waals surface area (Å²) in [6.07, 6.45) is 4.92. The topological polar surface area (TPSA) is 56.1 Å². The summed E-state index contributed by atoms with van der Waals surface area (Å²) in [5.74, 6) is 0. The van der Waals surface area contributed by atoms with Crippen molar-refractivity contribution in [3.05, 3.63) is 52.5 Å². The lowest BCUT2D eigenvalue weighted by Gasteiger charge is -2.57. The van der Waals surface area contributed by atoms with E-state index in [1.165, 1.54) is 6.42 Å². The van der Waals surface area contributed by atoms with Gasteiger partial charge in [0.1, 0.15) is 11.8 Å². The lowest BCUT2D eigenvalue weighted by molar-refractivity contribution is 0.107. The van der Waals surface area contributed by atoms with Gasteiger partial charge >= 0.3 is 0 Å². The summed E-state index contributed by atoms with van der Waals surface area (Å²) in [6, 6.07) is 11.1. The van der Waals surface area contributed by atoms with Crippen molar-refractivity contribution in [1.29, 1.82) is 5.26 Å². The molecular weight excluding hydrogens is 354 g/mol. The molecule has 2 bridgehead atoms. The molecule has 0 radical (unpaired) electrons. The van der Waals surface area contributed by atoms with Gasteiger partial charge < -0.3 is 4.90 Å². The predicted molar refractivity (Wildman–Crippen MR) is 90.8 cm³/mol. The number of nitrogens with zero attached hydrogens (tertiary/aromatic N) is 5. The van der Waals surface area contributed by atoms with Crippen molar-refractivity contribution in [1.82, 2.24) is 14.9 Å². The van der Waals surface area contributed by atoms with E-state index in [1.54, 1.807) is 6.07 Å². The average Bonchev–Trinajstić information content (AvgIpc) is 2.58. The number of piperidine rings is 1. The Morgan fingerprint density at radius 1 is 1.13 bits per heavy atom. The summed E-state index contributed by atoms with van der Waals surface area (Å²) in [7, 11) is 0. The Bertz CT molecular complexity index is 725. The molecule has 3 fully saturated rings. The summed E-state index contributed by atoms with van der Waals surface area (Å²) < 4.78 is 1.02. The fourth-order valence-corrected chi connectivity index (χ4v) is 3.82. The van der Waals surface area contributed by atoms with Crippen LogP contribution in [0.15, 0.2) is 41.1 Å². The van der Waals surface area contributed by atoms with Crippen LogP contribution in [0.4, 0.5) is 5.69 Å². The molecule has 0 N–H and O–H groups in total. The van der Waals surface area contributed by atoms with E-state index in [4.69, 9.17) is 5.26 Å². The zero-order valence-electron chi connectivity index (χ0n) is 12.6. The number of rotatable bonds is 3. The van der Waals surface area contributed by atoms with E-state index in [2.05, 4.69) is 47.8 Å². The average molecular weight is 370 g/mol. The number of pyridine rings is 2.